The van der Waals surface area contributed by atoms with Crippen LogP contribution in [-0.4, -0.2) is 0 Å². The molecule has 0 aliphatic heterocycles. The van der Waals surface area contributed by atoms with Crippen molar-refractivity contribution in [1.29, 1.82) is 0 Å². The van der Waals surface area contributed by atoms with Crippen molar-refractivity contribution in [2.45, 2.75) is 26.2 Å². The Hall–Kier alpha value is 1.23. The van der Waals surface area contributed by atoms with Crippen molar-refractivity contribution >= 4 is 0 Å². The first-order valence-corrected chi connectivity index (χ1v) is 3.19. The first-order chi connectivity index (χ1) is 3.93. The van der Waals surface area contributed by atoms with Gasteiger partial charge in [-0.2, -0.15) is 6.08 Å². The maximum Gasteiger partial charge on any atom is 4.00 e. The van der Waals surface area contributed by atoms with E-state index in [1.807, 2.05) is 0 Å². The van der Waals surface area contributed by atoms with Crippen LogP contribution in [0.25, 0.3) is 0 Å². The van der Waals surface area contributed by atoms with Gasteiger partial charge in [0.2, 0.25) is 0 Å². The standard InChI is InChI=1S/C8H11.3ClH.Zr/c1-2-5-8-6-3-4-7-8;;;;/h3,6H,2,4-5H2,1H3;3*1H;/q-1;;;;+4/p-3. The molecule has 12 heavy (non-hydrogen) atoms. The molecule has 0 N–H and O–H groups in total. The molecule has 0 unspecified atom stereocenters. The molecule has 1 rings (SSSR count). The summed E-state index contributed by atoms with van der Waals surface area (Å²) in [5, 5.41) is 0. The van der Waals surface area contributed by atoms with E-state index in [0.29, 0.717) is 0 Å². The van der Waals surface area contributed by atoms with E-state index >= 15 is 0 Å². The van der Waals surface area contributed by atoms with Gasteiger partial charge in [-0.05, 0) is 0 Å². The summed E-state index contributed by atoms with van der Waals surface area (Å²) in [4.78, 5) is 0. The normalized spacial score (nSPS) is 11.2. The van der Waals surface area contributed by atoms with Gasteiger partial charge in [-0.15, -0.1) is 6.42 Å². The Kier molecular flexibility index (Phi) is 28.5. The summed E-state index contributed by atoms with van der Waals surface area (Å²) < 4.78 is 0. The van der Waals surface area contributed by atoms with Gasteiger partial charge < -0.3 is 37.2 Å². The van der Waals surface area contributed by atoms with E-state index in [1.165, 1.54) is 18.4 Å². The van der Waals surface area contributed by atoms with E-state index in [1.54, 1.807) is 0 Å². The van der Waals surface area contributed by atoms with E-state index in [4.69, 9.17) is 0 Å². The van der Waals surface area contributed by atoms with Gasteiger partial charge in [0, 0.05) is 0 Å². The van der Waals surface area contributed by atoms with Crippen LogP contribution in [0.2, 0.25) is 0 Å². The molecule has 0 saturated carbocycles. The summed E-state index contributed by atoms with van der Waals surface area (Å²) in [6.45, 7) is 2.20. The summed E-state index contributed by atoms with van der Waals surface area (Å²) in [5.41, 5.74) is 1.40. The first-order valence-electron chi connectivity index (χ1n) is 3.19. The second-order valence-corrected chi connectivity index (χ2v) is 2.06. The van der Waals surface area contributed by atoms with Crippen molar-refractivity contribution < 1.29 is 63.4 Å². The van der Waals surface area contributed by atoms with Crippen LogP contribution >= 0.6 is 0 Å². The van der Waals surface area contributed by atoms with Crippen LogP contribution in [0, 0.1) is 6.08 Å². The van der Waals surface area contributed by atoms with Gasteiger partial charge in [0.1, 0.15) is 0 Å². The van der Waals surface area contributed by atoms with Gasteiger partial charge in [-0.25, -0.2) is 11.6 Å². The van der Waals surface area contributed by atoms with Crippen molar-refractivity contribution in [3.8, 4) is 0 Å². The number of hydrogen-bond donors (Lipinski definition) is 0. The van der Waals surface area contributed by atoms with Gasteiger partial charge in [0.05, 0.1) is 0 Å². The summed E-state index contributed by atoms with van der Waals surface area (Å²) in [7, 11) is 0. The van der Waals surface area contributed by atoms with Gasteiger partial charge in [0.25, 0.3) is 0 Å². The van der Waals surface area contributed by atoms with E-state index in [0.717, 1.165) is 6.42 Å². The Bertz CT molecular complexity index is 132. The van der Waals surface area contributed by atoms with Gasteiger partial charge in [-0.3, -0.25) is 6.08 Å². The zero-order valence-electron chi connectivity index (χ0n) is 6.91. The fraction of sp³-hybridized carbons (Fsp3) is 0.500. The SMILES string of the molecule is CCCC1=[C-]CC=C1.[Cl-].[Cl-].[Cl-].[Zr+4]. The molecule has 1 aliphatic rings. The average Bonchev–Trinajstić information content (AvgIpc) is 2.19. The fourth-order valence-electron chi connectivity index (χ4n) is 0.891. The summed E-state index contributed by atoms with van der Waals surface area (Å²) >= 11 is 0. The van der Waals surface area contributed by atoms with Crippen LogP contribution in [0.4, 0.5) is 0 Å². The van der Waals surface area contributed by atoms with Gasteiger partial charge in [0.15, 0.2) is 0 Å². The third kappa shape index (κ3) is 9.32. The predicted octanol–water partition coefficient (Wildman–Crippen LogP) is -6.51. The molecule has 4 heteroatoms. The van der Waals surface area contributed by atoms with Crippen LogP contribution in [0.3, 0.4) is 0 Å². The zero-order chi connectivity index (χ0) is 5.82. The minimum atomic E-state index is 0. The van der Waals surface area contributed by atoms with Crippen molar-refractivity contribution in [2.75, 3.05) is 0 Å². The summed E-state index contributed by atoms with van der Waals surface area (Å²) in [5.74, 6) is 0. The number of rotatable bonds is 2. The van der Waals surface area contributed by atoms with Gasteiger partial charge >= 0.3 is 26.2 Å². The molecule has 0 fully saturated rings. The fourth-order valence-corrected chi connectivity index (χ4v) is 0.891. The quantitative estimate of drug-likeness (QED) is 0.445. The molecular formula is C8H11Cl3Zr. The molecule has 0 bridgehead atoms. The van der Waals surface area contributed by atoms with E-state index in [2.05, 4.69) is 25.2 Å². The van der Waals surface area contributed by atoms with Crippen molar-refractivity contribution in [3.05, 3.63) is 23.8 Å². The molecule has 0 spiro atoms. The van der Waals surface area contributed by atoms with Crippen molar-refractivity contribution in [2.24, 2.45) is 0 Å². The number of allylic oxidation sites excluding steroid dienone is 4. The maximum absolute atomic E-state index is 3.26. The minimum Gasteiger partial charge on any atom is -1.00 e. The number of halogens is 3. The molecule has 0 amide bonds. The Labute approximate surface area is 113 Å². The average molecular weight is 305 g/mol. The first kappa shape index (κ1) is 23.2. The maximum atomic E-state index is 3.26. The Morgan fingerprint density at radius 3 is 2.25 bits per heavy atom. The van der Waals surface area contributed by atoms with E-state index in [9.17, 15) is 0 Å². The monoisotopic (exact) mass is 302 g/mol. The third-order valence-electron chi connectivity index (χ3n) is 1.29. The minimum absolute atomic E-state index is 0. The molecule has 0 aromatic rings. The largest absolute Gasteiger partial charge is 4.00 e. The van der Waals surface area contributed by atoms with E-state index < -0.39 is 0 Å². The molecule has 1 aliphatic carbocycles. The molecule has 68 valence electrons. The van der Waals surface area contributed by atoms with Gasteiger partial charge in [-0.1, -0.05) is 19.8 Å². The Morgan fingerprint density at radius 1 is 1.33 bits per heavy atom. The zero-order valence-corrected chi connectivity index (χ0v) is 11.6. The Morgan fingerprint density at radius 2 is 1.92 bits per heavy atom. The van der Waals surface area contributed by atoms with Crippen molar-refractivity contribution in [1.82, 2.24) is 0 Å². The van der Waals surface area contributed by atoms with Crippen LogP contribution in [0.5, 0.6) is 0 Å². The summed E-state index contributed by atoms with van der Waals surface area (Å²) in [6.07, 6.45) is 11.1. The smallest absolute Gasteiger partial charge is 1.00 e. The predicted molar refractivity (Wildman–Crippen MR) is 35.4 cm³/mol. The van der Waals surface area contributed by atoms with Crippen LogP contribution < -0.4 is 37.2 Å². The molecule has 0 saturated heterocycles. The Balaban J connectivity index is -0.0000000800. The third-order valence-corrected chi connectivity index (χ3v) is 1.29. The second-order valence-electron chi connectivity index (χ2n) is 2.06. The van der Waals surface area contributed by atoms with Crippen LogP contribution in [0.15, 0.2) is 17.7 Å². The summed E-state index contributed by atoms with van der Waals surface area (Å²) in [6, 6.07) is 0. The molecular weight excluding hydrogens is 294 g/mol. The number of hydrogen-bond acceptors (Lipinski definition) is 0. The molecule has 0 aromatic carbocycles. The molecule has 0 aromatic heterocycles. The van der Waals surface area contributed by atoms with Crippen molar-refractivity contribution in [3.63, 3.8) is 0 Å². The molecule has 0 atom stereocenters. The molecule has 0 radical (unpaired) electrons. The molecule has 0 nitrogen and oxygen atoms in total. The topological polar surface area (TPSA) is 0 Å². The second kappa shape index (κ2) is 14.7. The van der Waals surface area contributed by atoms with Crippen LogP contribution in [0.1, 0.15) is 26.2 Å². The van der Waals surface area contributed by atoms with E-state index in [-0.39, 0.29) is 63.4 Å². The van der Waals surface area contributed by atoms with Crippen LogP contribution in [-0.2, 0) is 26.2 Å². The molecule has 0 heterocycles.